The summed E-state index contributed by atoms with van der Waals surface area (Å²) in [5.41, 5.74) is 0. The van der Waals surface area contributed by atoms with Crippen molar-refractivity contribution in [2.75, 3.05) is 18.0 Å². The first-order valence-corrected chi connectivity index (χ1v) is 7.20. The van der Waals surface area contributed by atoms with E-state index in [0.29, 0.717) is 5.28 Å². The first-order valence-electron chi connectivity index (χ1n) is 5.94. The average molecular weight is 284 g/mol. The Morgan fingerprint density at radius 3 is 2.78 bits per heavy atom. The zero-order valence-electron chi connectivity index (χ0n) is 10.3. The average Bonchev–Trinajstić information content (AvgIpc) is 2.74. The van der Waals surface area contributed by atoms with Crippen LogP contribution in [0.15, 0.2) is 11.4 Å². The first-order chi connectivity index (χ1) is 8.63. The summed E-state index contributed by atoms with van der Waals surface area (Å²) in [7, 11) is 0. The monoisotopic (exact) mass is 283 g/mol. The molecule has 0 N–H and O–H groups in total. The van der Waals surface area contributed by atoms with Crippen molar-refractivity contribution in [1.82, 2.24) is 9.97 Å². The highest BCUT2D eigenvalue weighted by atomic mass is 35.5. The minimum absolute atomic E-state index is 0.205. The molecule has 0 aliphatic carbocycles. The normalized spacial score (nSPS) is 24.7. The SMILES string of the molecule is CC1CN(c2nc(Cl)nc3sccc23)CC(C)O1. The van der Waals surface area contributed by atoms with Gasteiger partial charge in [0.1, 0.15) is 10.6 Å². The molecule has 2 aromatic heterocycles. The van der Waals surface area contributed by atoms with E-state index in [9.17, 15) is 0 Å². The fraction of sp³-hybridized carbons (Fsp3) is 0.500. The van der Waals surface area contributed by atoms with E-state index in [1.165, 1.54) is 0 Å². The van der Waals surface area contributed by atoms with E-state index < -0.39 is 0 Å². The standard InChI is InChI=1S/C12H14ClN3OS/c1-7-5-16(6-8(2)17-7)10-9-3-4-18-11(9)15-12(13)14-10/h3-4,7-8H,5-6H2,1-2H3. The molecule has 0 amide bonds. The van der Waals surface area contributed by atoms with Crippen LogP contribution in [0.1, 0.15) is 13.8 Å². The topological polar surface area (TPSA) is 38.2 Å². The van der Waals surface area contributed by atoms with Crippen molar-refractivity contribution >= 4 is 39.0 Å². The van der Waals surface area contributed by atoms with Crippen molar-refractivity contribution in [2.24, 2.45) is 0 Å². The van der Waals surface area contributed by atoms with Crippen molar-refractivity contribution in [3.63, 3.8) is 0 Å². The van der Waals surface area contributed by atoms with Crippen LogP contribution in [0.25, 0.3) is 10.2 Å². The Kier molecular flexibility index (Phi) is 3.13. The maximum atomic E-state index is 6.00. The molecule has 3 rings (SSSR count). The van der Waals surface area contributed by atoms with Crippen LogP contribution in [-0.2, 0) is 4.74 Å². The molecule has 18 heavy (non-hydrogen) atoms. The van der Waals surface area contributed by atoms with Gasteiger partial charge in [0.05, 0.1) is 17.6 Å². The predicted octanol–water partition coefficient (Wildman–Crippen LogP) is 2.96. The Bertz CT molecular complexity index is 563. The summed E-state index contributed by atoms with van der Waals surface area (Å²) in [6, 6.07) is 2.05. The van der Waals surface area contributed by atoms with Gasteiger partial charge in [-0.1, -0.05) is 0 Å². The van der Waals surface area contributed by atoms with E-state index in [4.69, 9.17) is 16.3 Å². The van der Waals surface area contributed by atoms with Gasteiger partial charge >= 0.3 is 0 Å². The third-order valence-electron chi connectivity index (χ3n) is 3.00. The van der Waals surface area contributed by atoms with Crippen molar-refractivity contribution in [3.8, 4) is 0 Å². The number of nitrogens with zero attached hydrogens (tertiary/aromatic N) is 3. The number of ether oxygens (including phenoxy) is 1. The molecule has 1 fully saturated rings. The van der Waals surface area contributed by atoms with Crippen LogP contribution in [0.4, 0.5) is 5.82 Å². The molecular formula is C12H14ClN3OS. The highest BCUT2D eigenvalue weighted by molar-refractivity contribution is 7.16. The fourth-order valence-electron chi connectivity index (χ4n) is 2.41. The largest absolute Gasteiger partial charge is 0.372 e. The second-order valence-corrected chi connectivity index (χ2v) is 5.85. The molecule has 1 aliphatic heterocycles. The quantitative estimate of drug-likeness (QED) is 0.754. The maximum Gasteiger partial charge on any atom is 0.225 e. The van der Waals surface area contributed by atoms with Crippen LogP contribution in [0.2, 0.25) is 5.28 Å². The summed E-state index contributed by atoms with van der Waals surface area (Å²) in [4.78, 5) is 11.8. The zero-order chi connectivity index (χ0) is 12.7. The number of fused-ring (bicyclic) bond motifs is 1. The van der Waals surface area contributed by atoms with Crippen molar-refractivity contribution in [2.45, 2.75) is 26.1 Å². The number of hydrogen-bond donors (Lipinski definition) is 0. The lowest BCUT2D eigenvalue weighted by molar-refractivity contribution is -0.00537. The molecule has 1 saturated heterocycles. The molecule has 4 nitrogen and oxygen atoms in total. The van der Waals surface area contributed by atoms with Gasteiger partial charge < -0.3 is 9.64 Å². The van der Waals surface area contributed by atoms with Gasteiger partial charge in [-0.2, -0.15) is 4.98 Å². The molecule has 0 saturated carbocycles. The van der Waals surface area contributed by atoms with Crippen molar-refractivity contribution in [1.29, 1.82) is 0 Å². The van der Waals surface area contributed by atoms with Crippen molar-refractivity contribution < 1.29 is 4.74 Å². The fourth-order valence-corrected chi connectivity index (χ4v) is 3.38. The molecule has 6 heteroatoms. The Morgan fingerprint density at radius 2 is 2.06 bits per heavy atom. The second kappa shape index (κ2) is 4.64. The Labute approximate surface area is 115 Å². The van der Waals surface area contributed by atoms with Gasteiger partial charge in [-0.25, -0.2) is 4.98 Å². The molecular weight excluding hydrogens is 270 g/mol. The van der Waals surface area contributed by atoms with Crippen LogP contribution < -0.4 is 4.90 Å². The second-order valence-electron chi connectivity index (χ2n) is 4.62. The van der Waals surface area contributed by atoms with E-state index in [1.54, 1.807) is 11.3 Å². The molecule has 1 aliphatic rings. The lowest BCUT2D eigenvalue weighted by atomic mass is 10.2. The van der Waals surface area contributed by atoms with E-state index in [1.807, 2.05) is 5.38 Å². The summed E-state index contributed by atoms with van der Waals surface area (Å²) in [6.07, 6.45) is 0.410. The lowest BCUT2D eigenvalue weighted by Crippen LogP contribution is -2.45. The van der Waals surface area contributed by atoms with E-state index in [0.717, 1.165) is 29.1 Å². The van der Waals surface area contributed by atoms with Crippen LogP contribution in [0, 0.1) is 0 Å². The maximum absolute atomic E-state index is 6.00. The smallest absolute Gasteiger partial charge is 0.225 e. The van der Waals surface area contributed by atoms with Crippen LogP contribution in [0.5, 0.6) is 0 Å². The van der Waals surface area contributed by atoms with Gasteiger partial charge in [-0.15, -0.1) is 11.3 Å². The summed E-state index contributed by atoms with van der Waals surface area (Å²) in [6.45, 7) is 5.83. The number of aromatic nitrogens is 2. The number of anilines is 1. The van der Waals surface area contributed by atoms with Crippen LogP contribution >= 0.6 is 22.9 Å². The summed E-state index contributed by atoms with van der Waals surface area (Å²) in [5, 5.41) is 3.41. The zero-order valence-corrected chi connectivity index (χ0v) is 11.8. The van der Waals surface area contributed by atoms with Crippen molar-refractivity contribution in [3.05, 3.63) is 16.7 Å². The summed E-state index contributed by atoms with van der Waals surface area (Å²) < 4.78 is 5.75. The Balaban J connectivity index is 2.05. The molecule has 2 unspecified atom stereocenters. The summed E-state index contributed by atoms with van der Waals surface area (Å²) in [5.74, 6) is 0.924. The minimum Gasteiger partial charge on any atom is -0.372 e. The molecule has 0 radical (unpaired) electrons. The molecule has 0 spiro atoms. The number of morpholine rings is 1. The van der Waals surface area contributed by atoms with E-state index in [-0.39, 0.29) is 12.2 Å². The number of halogens is 1. The highest BCUT2D eigenvalue weighted by Gasteiger charge is 2.25. The molecule has 3 heterocycles. The highest BCUT2D eigenvalue weighted by Crippen LogP contribution is 2.30. The predicted molar refractivity (Wildman–Crippen MR) is 74.6 cm³/mol. The van der Waals surface area contributed by atoms with Gasteiger partial charge in [0.15, 0.2) is 0 Å². The molecule has 96 valence electrons. The molecule has 0 aromatic carbocycles. The van der Waals surface area contributed by atoms with Gasteiger partial charge in [-0.05, 0) is 36.9 Å². The summed E-state index contributed by atoms with van der Waals surface area (Å²) >= 11 is 7.59. The van der Waals surface area contributed by atoms with Gasteiger partial charge in [0, 0.05) is 13.1 Å². The molecule has 2 aromatic rings. The first kappa shape index (κ1) is 12.1. The van der Waals surface area contributed by atoms with Crippen LogP contribution in [-0.4, -0.2) is 35.3 Å². The lowest BCUT2D eigenvalue weighted by Gasteiger charge is -2.36. The van der Waals surface area contributed by atoms with Gasteiger partial charge in [-0.3, -0.25) is 0 Å². The Hall–Kier alpha value is -0.910. The molecule has 2 atom stereocenters. The van der Waals surface area contributed by atoms with E-state index >= 15 is 0 Å². The third kappa shape index (κ3) is 2.18. The number of hydrogen-bond acceptors (Lipinski definition) is 5. The Morgan fingerprint density at radius 1 is 1.33 bits per heavy atom. The molecule has 0 bridgehead atoms. The van der Waals surface area contributed by atoms with Crippen LogP contribution in [0.3, 0.4) is 0 Å². The number of rotatable bonds is 1. The third-order valence-corrected chi connectivity index (χ3v) is 3.97. The number of thiophene rings is 1. The minimum atomic E-state index is 0.205. The van der Waals surface area contributed by atoms with Gasteiger partial charge in [0.2, 0.25) is 5.28 Å². The van der Waals surface area contributed by atoms with E-state index in [2.05, 4.69) is 34.8 Å². The van der Waals surface area contributed by atoms with Gasteiger partial charge in [0.25, 0.3) is 0 Å².